The lowest BCUT2D eigenvalue weighted by atomic mass is 9.93. The first kappa shape index (κ1) is 17.2. The van der Waals surface area contributed by atoms with Crippen LogP contribution in [-0.2, 0) is 0 Å². The molecule has 3 N–H and O–H groups in total. The highest BCUT2D eigenvalue weighted by molar-refractivity contribution is 5.73. The summed E-state index contributed by atoms with van der Waals surface area (Å²) in [7, 11) is 0. The molecule has 0 fully saturated rings. The van der Waals surface area contributed by atoms with Crippen molar-refractivity contribution < 1.29 is 4.79 Å². The number of carbonyl (C=O) groups is 1. The van der Waals surface area contributed by atoms with Gasteiger partial charge in [-0.1, -0.05) is 40.5 Å². The minimum absolute atomic E-state index is 0.0508. The number of carbonyl (C=O) groups excluding carboxylic acids is 1. The van der Waals surface area contributed by atoms with Crippen LogP contribution in [0.25, 0.3) is 0 Å². The molecule has 0 bridgehead atoms. The van der Waals surface area contributed by atoms with E-state index in [1.165, 1.54) is 12.8 Å². The molecule has 18 heavy (non-hydrogen) atoms. The number of nitrogens with one attached hydrogen (secondary N) is 3. The summed E-state index contributed by atoms with van der Waals surface area (Å²) in [5.74, 6) is 0. The van der Waals surface area contributed by atoms with Crippen molar-refractivity contribution >= 4 is 6.03 Å². The molecule has 2 amide bonds. The van der Waals surface area contributed by atoms with Crippen molar-refractivity contribution in [1.29, 1.82) is 0 Å². The Balaban J connectivity index is 3.64. The molecule has 0 radical (unpaired) electrons. The molecule has 0 aromatic rings. The minimum atomic E-state index is -0.0508. The van der Waals surface area contributed by atoms with Gasteiger partial charge in [0.05, 0.1) is 0 Å². The first-order valence-corrected chi connectivity index (χ1v) is 7.24. The second-order valence-corrected chi connectivity index (χ2v) is 5.66. The zero-order chi connectivity index (χ0) is 13.9. The van der Waals surface area contributed by atoms with Crippen molar-refractivity contribution in [2.24, 2.45) is 5.41 Å². The largest absolute Gasteiger partial charge is 0.338 e. The van der Waals surface area contributed by atoms with E-state index in [1.54, 1.807) is 0 Å². The summed E-state index contributed by atoms with van der Waals surface area (Å²) in [4.78, 5) is 11.5. The van der Waals surface area contributed by atoms with Gasteiger partial charge in [-0.25, -0.2) is 4.79 Å². The Labute approximate surface area is 112 Å². The molecule has 0 rings (SSSR count). The van der Waals surface area contributed by atoms with Crippen LogP contribution in [0.5, 0.6) is 0 Å². The fourth-order valence-corrected chi connectivity index (χ4v) is 1.55. The van der Waals surface area contributed by atoms with Gasteiger partial charge in [0, 0.05) is 19.6 Å². The van der Waals surface area contributed by atoms with Crippen LogP contribution in [0.2, 0.25) is 0 Å². The van der Waals surface area contributed by atoms with Gasteiger partial charge in [0.1, 0.15) is 0 Å². The van der Waals surface area contributed by atoms with Crippen molar-refractivity contribution in [2.45, 2.75) is 53.4 Å². The monoisotopic (exact) mass is 257 g/mol. The van der Waals surface area contributed by atoms with Gasteiger partial charge >= 0.3 is 6.03 Å². The van der Waals surface area contributed by atoms with Crippen molar-refractivity contribution in [3.63, 3.8) is 0 Å². The Hall–Kier alpha value is -0.770. The maximum atomic E-state index is 11.5. The maximum Gasteiger partial charge on any atom is 0.314 e. The predicted molar refractivity (Wildman–Crippen MR) is 77.9 cm³/mol. The predicted octanol–water partition coefficient (Wildman–Crippen LogP) is 2.50. The zero-order valence-corrected chi connectivity index (χ0v) is 12.6. The van der Waals surface area contributed by atoms with E-state index in [-0.39, 0.29) is 11.4 Å². The third kappa shape index (κ3) is 10.4. The molecule has 0 aliphatic carbocycles. The number of urea groups is 1. The van der Waals surface area contributed by atoms with E-state index in [0.29, 0.717) is 6.54 Å². The highest BCUT2D eigenvalue weighted by atomic mass is 16.2. The molecule has 0 aliphatic heterocycles. The van der Waals surface area contributed by atoms with E-state index >= 15 is 0 Å². The lowest BCUT2D eigenvalue weighted by molar-refractivity contribution is 0.232. The van der Waals surface area contributed by atoms with Crippen LogP contribution in [0.4, 0.5) is 4.79 Å². The van der Waals surface area contributed by atoms with Gasteiger partial charge in [-0.3, -0.25) is 0 Å². The van der Waals surface area contributed by atoms with Crippen molar-refractivity contribution in [3.8, 4) is 0 Å². The number of rotatable bonds is 10. The van der Waals surface area contributed by atoms with Crippen LogP contribution < -0.4 is 16.0 Å². The van der Waals surface area contributed by atoms with Gasteiger partial charge in [0.2, 0.25) is 0 Å². The quantitative estimate of drug-likeness (QED) is 0.527. The van der Waals surface area contributed by atoms with Crippen molar-refractivity contribution in [1.82, 2.24) is 16.0 Å². The Morgan fingerprint density at radius 3 is 2.17 bits per heavy atom. The van der Waals surface area contributed by atoms with Crippen LogP contribution in [0.3, 0.4) is 0 Å². The number of hydrogen-bond acceptors (Lipinski definition) is 2. The minimum Gasteiger partial charge on any atom is -0.338 e. The SMILES string of the molecule is CCCCNCC(C)(C)CNC(=O)NCCCC. The molecule has 108 valence electrons. The van der Waals surface area contributed by atoms with E-state index < -0.39 is 0 Å². The summed E-state index contributed by atoms with van der Waals surface area (Å²) in [6.07, 6.45) is 4.56. The van der Waals surface area contributed by atoms with Crippen molar-refractivity contribution in [2.75, 3.05) is 26.2 Å². The molecule has 0 saturated carbocycles. The Kier molecular flexibility index (Phi) is 9.74. The third-order valence-electron chi connectivity index (χ3n) is 2.85. The molecule has 0 aromatic heterocycles. The molecule has 0 atom stereocenters. The van der Waals surface area contributed by atoms with Gasteiger partial charge in [-0.15, -0.1) is 0 Å². The first-order chi connectivity index (χ1) is 8.52. The highest BCUT2D eigenvalue weighted by Crippen LogP contribution is 2.11. The molecule has 0 aromatic carbocycles. The second-order valence-electron chi connectivity index (χ2n) is 5.66. The van der Waals surface area contributed by atoms with Crippen LogP contribution in [0.1, 0.15) is 53.4 Å². The fourth-order valence-electron chi connectivity index (χ4n) is 1.55. The standard InChI is InChI=1S/C14H31N3O/c1-5-7-9-15-11-14(3,4)12-17-13(18)16-10-8-6-2/h15H,5-12H2,1-4H3,(H2,16,17,18). The molecule has 0 unspecified atom stereocenters. The topological polar surface area (TPSA) is 53.2 Å². The molecule has 0 saturated heterocycles. The average molecular weight is 257 g/mol. The summed E-state index contributed by atoms with van der Waals surface area (Å²) >= 11 is 0. The molecule has 0 heterocycles. The smallest absolute Gasteiger partial charge is 0.314 e. The highest BCUT2D eigenvalue weighted by Gasteiger charge is 2.17. The molecular weight excluding hydrogens is 226 g/mol. The van der Waals surface area contributed by atoms with Crippen LogP contribution in [-0.4, -0.2) is 32.2 Å². The van der Waals surface area contributed by atoms with Gasteiger partial charge < -0.3 is 16.0 Å². The second kappa shape index (κ2) is 10.2. The number of unbranched alkanes of at least 4 members (excludes halogenated alkanes) is 2. The van der Waals surface area contributed by atoms with Crippen LogP contribution >= 0.6 is 0 Å². The summed E-state index contributed by atoms with van der Waals surface area (Å²) < 4.78 is 0. The Morgan fingerprint density at radius 1 is 0.944 bits per heavy atom. The summed E-state index contributed by atoms with van der Waals surface area (Å²) in [5, 5.41) is 9.23. The zero-order valence-electron chi connectivity index (χ0n) is 12.6. The van der Waals surface area contributed by atoms with E-state index in [1.807, 2.05) is 0 Å². The van der Waals surface area contributed by atoms with Gasteiger partial charge in [0.15, 0.2) is 0 Å². The van der Waals surface area contributed by atoms with Crippen molar-refractivity contribution in [3.05, 3.63) is 0 Å². The first-order valence-electron chi connectivity index (χ1n) is 7.24. The maximum absolute atomic E-state index is 11.5. The number of amides is 2. The lowest BCUT2D eigenvalue weighted by Crippen LogP contribution is -2.44. The van der Waals surface area contributed by atoms with E-state index in [0.717, 1.165) is 32.5 Å². The van der Waals surface area contributed by atoms with Gasteiger partial charge in [-0.2, -0.15) is 0 Å². The van der Waals surface area contributed by atoms with E-state index in [9.17, 15) is 4.79 Å². The van der Waals surface area contributed by atoms with Crippen LogP contribution in [0.15, 0.2) is 0 Å². The summed E-state index contributed by atoms with van der Waals surface area (Å²) in [6.45, 7) is 12.1. The molecule has 4 nitrogen and oxygen atoms in total. The van der Waals surface area contributed by atoms with Gasteiger partial charge in [0.25, 0.3) is 0 Å². The molecule has 4 heteroatoms. The lowest BCUT2D eigenvalue weighted by Gasteiger charge is -2.25. The Bertz CT molecular complexity index is 217. The molecule has 0 aliphatic rings. The van der Waals surface area contributed by atoms with Crippen LogP contribution in [0, 0.1) is 5.41 Å². The number of hydrogen-bond donors (Lipinski definition) is 3. The fraction of sp³-hybridized carbons (Fsp3) is 0.929. The normalized spacial score (nSPS) is 11.3. The van der Waals surface area contributed by atoms with E-state index in [4.69, 9.17) is 0 Å². The average Bonchev–Trinajstić information content (AvgIpc) is 2.33. The summed E-state index contributed by atoms with van der Waals surface area (Å²) in [5.41, 5.74) is 0.0931. The Morgan fingerprint density at radius 2 is 1.56 bits per heavy atom. The van der Waals surface area contributed by atoms with E-state index in [2.05, 4.69) is 43.6 Å². The molecular formula is C14H31N3O. The van der Waals surface area contributed by atoms with Gasteiger partial charge in [-0.05, 0) is 24.8 Å². The summed E-state index contributed by atoms with van der Waals surface area (Å²) in [6, 6.07) is -0.0508. The molecule has 0 spiro atoms. The third-order valence-corrected chi connectivity index (χ3v) is 2.85.